The molecule has 1 rings (SSSR count). The minimum Gasteiger partial charge on any atom is -0.487 e. The molecule has 0 saturated heterocycles. The molecule has 0 bridgehead atoms. The molecule has 1 heterocycles. The maximum atomic E-state index is 5.86. The molecule has 0 spiro atoms. The Kier molecular flexibility index (Phi) is 6.35. The van der Waals surface area contributed by atoms with E-state index in [-0.39, 0.29) is 11.6 Å². The fourth-order valence-corrected chi connectivity index (χ4v) is 1.90. The fourth-order valence-electron chi connectivity index (χ4n) is 1.90. The maximum absolute atomic E-state index is 5.86. The van der Waals surface area contributed by atoms with Gasteiger partial charge >= 0.3 is 0 Å². The Labute approximate surface area is 117 Å². The van der Waals surface area contributed by atoms with Crippen LogP contribution in [0, 0.1) is 0 Å². The lowest BCUT2D eigenvalue weighted by Crippen LogP contribution is -2.36. The minimum atomic E-state index is 0.200. The number of aryl methyl sites for hydroxylation is 1. The summed E-state index contributed by atoms with van der Waals surface area (Å²) in [5.74, 6) is 0.879. The molecule has 0 radical (unpaired) electrons. The molecule has 0 aliphatic carbocycles. The van der Waals surface area contributed by atoms with Gasteiger partial charge in [-0.2, -0.15) is 5.10 Å². The van der Waals surface area contributed by atoms with Gasteiger partial charge in [-0.15, -0.1) is 0 Å². The lowest BCUT2D eigenvalue weighted by molar-refractivity contribution is 0.205. The van der Waals surface area contributed by atoms with E-state index in [9.17, 15) is 0 Å². The Balaban J connectivity index is 2.21. The van der Waals surface area contributed by atoms with E-state index in [0.29, 0.717) is 0 Å². The van der Waals surface area contributed by atoms with Crippen LogP contribution in [0.25, 0.3) is 0 Å². The molecule has 1 aromatic rings. The largest absolute Gasteiger partial charge is 0.487 e. The molecule has 110 valence electrons. The monoisotopic (exact) mass is 267 g/mol. The van der Waals surface area contributed by atoms with Crippen LogP contribution < -0.4 is 10.1 Å². The van der Waals surface area contributed by atoms with Crippen LogP contribution >= 0.6 is 0 Å². The first-order chi connectivity index (χ1) is 8.90. The summed E-state index contributed by atoms with van der Waals surface area (Å²) in [6, 6.07) is 0. The van der Waals surface area contributed by atoms with Crippen LogP contribution in [0.2, 0.25) is 0 Å². The van der Waals surface area contributed by atoms with Gasteiger partial charge in [0.1, 0.15) is 0 Å². The van der Waals surface area contributed by atoms with Crippen molar-refractivity contribution in [2.75, 3.05) is 6.54 Å². The Morgan fingerprint density at radius 2 is 2.16 bits per heavy atom. The van der Waals surface area contributed by atoms with E-state index in [1.54, 1.807) is 6.20 Å². The van der Waals surface area contributed by atoms with E-state index < -0.39 is 0 Å². The summed E-state index contributed by atoms with van der Waals surface area (Å²) in [7, 11) is 0. The van der Waals surface area contributed by atoms with Gasteiger partial charge in [-0.1, -0.05) is 6.92 Å². The van der Waals surface area contributed by atoms with Gasteiger partial charge in [0, 0.05) is 12.1 Å². The molecule has 1 unspecified atom stereocenters. The van der Waals surface area contributed by atoms with Crippen LogP contribution in [-0.2, 0) is 6.54 Å². The number of hydrogen-bond donors (Lipinski definition) is 1. The van der Waals surface area contributed by atoms with Crippen molar-refractivity contribution in [1.82, 2.24) is 15.1 Å². The van der Waals surface area contributed by atoms with Crippen LogP contribution in [0.15, 0.2) is 12.4 Å². The van der Waals surface area contributed by atoms with Crippen LogP contribution in [0.5, 0.6) is 5.75 Å². The van der Waals surface area contributed by atoms with Crippen molar-refractivity contribution in [3.05, 3.63) is 12.4 Å². The molecule has 0 amide bonds. The van der Waals surface area contributed by atoms with Crippen LogP contribution in [0.1, 0.15) is 53.9 Å². The second-order valence-corrected chi connectivity index (χ2v) is 6.19. The minimum absolute atomic E-state index is 0.200. The molecular formula is C15H29N3O. The van der Waals surface area contributed by atoms with Gasteiger partial charge in [-0.3, -0.25) is 4.68 Å². The van der Waals surface area contributed by atoms with Crippen molar-refractivity contribution in [2.24, 2.45) is 0 Å². The third kappa shape index (κ3) is 7.21. The second-order valence-electron chi connectivity index (χ2n) is 6.19. The van der Waals surface area contributed by atoms with Gasteiger partial charge < -0.3 is 10.1 Å². The van der Waals surface area contributed by atoms with E-state index in [1.807, 2.05) is 10.9 Å². The molecule has 4 nitrogen and oxygen atoms in total. The SMILES string of the molecule is CCCn1cc(OC(C)CCCNC(C)(C)C)cn1. The van der Waals surface area contributed by atoms with Crippen molar-refractivity contribution >= 4 is 0 Å². The van der Waals surface area contributed by atoms with E-state index in [2.05, 4.69) is 45.0 Å². The van der Waals surface area contributed by atoms with Gasteiger partial charge in [0.2, 0.25) is 0 Å². The van der Waals surface area contributed by atoms with Gasteiger partial charge in [0.25, 0.3) is 0 Å². The van der Waals surface area contributed by atoms with Gasteiger partial charge in [0.15, 0.2) is 5.75 Å². The van der Waals surface area contributed by atoms with Crippen molar-refractivity contribution in [3.63, 3.8) is 0 Å². The number of hydrogen-bond acceptors (Lipinski definition) is 3. The average Bonchev–Trinajstić information content (AvgIpc) is 2.71. The van der Waals surface area contributed by atoms with Crippen LogP contribution in [-0.4, -0.2) is 28.0 Å². The first kappa shape index (κ1) is 16.0. The predicted octanol–water partition coefficient (Wildman–Crippen LogP) is 3.23. The Bertz CT molecular complexity index is 355. The zero-order chi connectivity index (χ0) is 14.3. The van der Waals surface area contributed by atoms with Crippen LogP contribution in [0.3, 0.4) is 0 Å². The summed E-state index contributed by atoms with van der Waals surface area (Å²) in [5, 5.41) is 7.76. The normalized spacial score (nSPS) is 13.5. The summed E-state index contributed by atoms with van der Waals surface area (Å²) in [6.45, 7) is 12.8. The molecule has 4 heteroatoms. The summed E-state index contributed by atoms with van der Waals surface area (Å²) in [6.07, 6.45) is 7.30. The van der Waals surface area contributed by atoms with E-state index in [4.69, 9.17) is 4.74 Å². The average molecular weight is 267 g/mol. The maximum Gasteiger partial charge on any atom is 0.157 e. The molecule has 1 aromatic heterocycles. The zero-order valence-corrected chi connectivity index (χ0v) is 13.1. The number of nitrogens with one attached hydrogen (secondary N) is 1. The molecule has 19 heavy (non-hydrogen) atoms. The Morgan fingerprint density at radius 1 is 1.42 bits per heavy atom. The first-order valence-corrected chi connectivity index (χ1v) is 7.35. The Morgan fingerprint density at radius 3 is 2.79 bits per heavy atom. The third-order valence-electron chi connectivity index (χ3n) is 2.84. The van der Waals surface area contributed by atoms with E-state index >= 15 is 0 Å². The van der Waals surface area contributed by atoms with Gasteiger partial charge in [-0.05, 0) is 53.5 Å². The molecule has 0 aromatic carbocycles. The summed E-state index contributed by atoms with van der Waals surface area (Å²) in [4.78, 5) is 0. The van der Waals surface area contributed by atoms with Crippen molar-refractivity contribution < 1.29 is 4.74 Å². The van der Waals surface area contributed by atoms with Crippen molar-refractivity contribution in [2.45, 2.75) is 72.1 Å². The highest BCUT2D eigenvalue weighted by Crippen LogP contribution is 2.13. The number of rotatable bonds is 8. The zero-order valence-electron chi connectivity index (χ0n) is 13.1. The molecule has 0 aliphatic rings. The topological polar surface area (TPSA) is 39.1 Å². The summed E-state index contributed by atoms with van der Waals surface area (Å²) >= 11 is 0. The lowest BCUT2D eigenvalue weighted by Gasteiger charge is -2.21. The number of ether oxygens (including phenoxy) is 1. The quantitative estimate of drug-likeness (QED) is 0.735. The molecule has 1 N–H and O–H groups in total. The predicted molar refractivity (Wildman–Crippen MR) is 79.6 cm³/mol. The van der Waals surface area contributed by atoms with Gasteiger partial charge in [-0.25, -0.2) is 0 Å². The molecule has 0 aliphatic heterocycles. The number of aromatic nitrogens is 2. The Hall–Kier alpha value is -1.03. The fraction of sp³-hybridized carbons (Fsp3) is 0.800. The highest BCUT2D eigenvalue weighted by molar-refractivity contribution is 5.11. The smallest absolute Gasteiger partial charge is 0.157 e. The van der Waals surface area contributed by atoms with E-state index in [0.717, 1.165) is 38.1 Å². The standard InChI is InChI=1S/C15H29N3O/c1-6-10-18-12-14(11-17-18)19-13(2)8-7-9-16-15(3,4)5/h11-13,16H,6-10H2,1-5H3. The molecule has 1 atom stereocenters. The highest BCUT2D eigenvalue weighted by Gasteiger charge is 2.09. The first-order valence-electron chi connectivity index (χ1n) is 7.35. The number of nitrogens with zero attached hydrogens (tertiary/aromatic N) is 2. The lowest BCUT2D eigenvalue weighted by atomic mass is 10.1. The molecular weight excluding hydrogens is 238 g/mol. The third-order valence-corrected chi connectivity index (χ3v) is 2.84. The van der Waals surface area contributed by atoms with Crippen LogP contribution in [0.4, 0.5) is 0 Å². The summed E-state index contributed by atoms with van der Waals surface area (Å²) < 4.78 is 7.80. The second kappa shape index (κ2) is 7.53. The van der Waals surface area contributed by atoms with E-state index in [1.165, 1.54) is 0 Å². The van der Waals surface area contributed by atoms with Crippen molar-refractivity contribution in [3.8, 4) is 5.75 Å². The molecule has 0 fully saturated rings. The highest BCUT2D eigenvalue weighted by atomic mass is 16.5. The van der Waals surface area contributed by atoms with Crippen molar-refractivity contribution in [1.29, 1.82) is 0 Å². The molecule has 0 saturated carbocycles. The summed E-state index contributed by atoms with van der Waals surface area (Å²) in [5.41, 5.74) is 0.200. The van der Waals surface area contributed by atoms with Gasteiger partial charge in [0.05, 0.1) is 18.5 Å².